The molecule has 1 aliphatic rings. The molecular formula is C17H27ClN2O. The van der Waals surface area contributed by atoms with Gasteiger partial charge in [0.05, 0.1) is 0 Å². The first kappa shape index (κ1) is 18.0. The summed E-state index contributed by atoms with van der Waals surface area (Å²) in [4.78, 5) is 14.2. The number of hydrogen-bond acceptors (Lipinski definition) is 2. The summed E-state index contributed by atoms with van der Waals surface area (Å²) in [6, 6.07) is 8.90. The second-order valence-corrected chi connectivity index (χ2v) is 6.02. The van der Waals surface area contributed by atoms with Crippen LogP contribution in [0.2, 0.25) is 0 Å². The van der Waals surface area contributed by atoms with E-state index in [-0.39, 0.29) is 24.4 Å². The zero-order valence-corrected chi connectivity index (χ0v) is 13.9. The zero-order valence-electron chi connectivity index (χ0n) is 13.0. The first-order valence-corrected chi connectivity index (χ1v) is 7.70. The predicted octanol–water partition coefficient (Wildman–Crippen LogP) is 3.11. The van der Waals surface area contributed by atoms with Crippen molar-refractivity contribution in [1.82, 2.24) is 4.90 Å². The van der Waals surface area contributed by atoms with Crippen LogP contribution in [0.15, 0.2) is 24.3 Å². The summed E-state index contributed by atoms with van der Waals surface area (Å²) in [6.45, 7) is 5.86. The average molecular weight is 311 g/mol. The fourth-order valence-electron chi connectivity index (χ4n) is 2.87. The van der Waals surface area contributed by atoms with Gasteiger partial charge in [0.1, 0.15) is 0 Å². The van der Waals surface area contributed by atoms with E-state index in [1.54, 1.807) is 0 Å². The van der Waals surface area contributed by atoms with Crippen molar-refractivity contribution in [2.24, 2.45) is 5.73 Å². The van der Waals surface area contributed by atoms with E-state index in [4.69, 9.17) is 5.73 Å². The molecule has 0 bridgehead atoms. The maximum absolute atomic E-state index is 12.2. The van der Waals surface area contributed by atoms with E-state index in [2.05, 4.69) is 38.1 Å². The molecule has 0 saturated carbocycles. The molecule has 0 spiro atoms. The van der Waals surface area contributed by atoms with Crippen molar-refractivity contribution in [3.63, 3.8) is 0 Å². The molecule has 1 aromatic carbocycles. The molecule has 1 heterocycles. The van der Waals surface area contributed by atoms with E-state index in [0.29, 0.717) is 18.9 Å². The molecule has 21 heavy (non-hydrogen) atoms. The lowest BCUT2D eigenvalue weighted by Gasteiger charge is -2.23. The van der Waals surface area contributed by atoms with Gasteiger partial charge in [0.2, 0.25) is 5.91 Å². The fourth-order valence-corrected chi connectivity index (χ4v) is 2.87. The van der Waals surface area contributed by atoms with Gasteiger partial charge in [-0.15, -0.1) is 12.4 Å². The molecular weight excluding hydrogens is 284 g/mol. The van der Waals surface area contributed by atoms with Crippen molar-refractivity contribution in [1.29, 1.82) is 0 Å². The number of amides is 1. The van der Waals surface area contributed by atoms with Crippen molar-refractivity contribution < 1.29 is 4.79 Å². The van der Waals surface area contributed by atoms with Gasteiger partial charge in [-0.05, 0) is 36.3 Å². The molecule has 118 valence electrons. The lowest BCUT2D eigenvalue weighted by Crippen LogP contribution is -2.39. The number of rotatable bonds is 5. The van der Waals surface area contributed by atoms with E-state index in [1.807, 2.05) is 4.90 Å². The first-order valence-electron chi connectivity index (χ1n) is 7.70. The van der Waals surface area contributed by atoms with Crippen LogP contribution in [0.4, 0.5) is 0 Å². The maximum atomic E-state index is 12.2. The first-order chi connectivity index (χ1) is 9.61. The quantitative estimate of drug-likeness (QED) is 0.908. The van der Waals surface area contributed by atoms with Crippen LogP contribution in [0.5, 0.6) is 0 Å². The number of nitrogens with zero attached hydrogens (tertiary/aromatic N) is 1. The largest absolute Gasteiger partial charge is 0.338 e. The highest BCUT2D eigenvalue weighted by Gasteiger charge is 2.26. The average Bonchev–Trinajstić information content (AvgIpc) is 2.93. The number of likely N-dealkylation sites (tertiary alicyclic amines) is 1. The predicted molar refractivity (Wildman–Crippen MR) is 89.9 cm³/mol. The molecule has 1 amide bonds. The van der Waals surface area contributed by atoms with Gasteiger partial charge in [0.15, 0.2) is 0 Å². The Morgan fingerprint density at radius 2 is 2.00 bits per heavy atom. The second-order valence-electron chi connectivity index (χ2n) is 6.02. The second kappa shape index (κ2) is 8.40. The smallest absolute Gasteiger partial charge is 0.223 e. The molecule has 1 fully saturated rings. The monoisotopic (exact) mass is 310 g/mol. The Balaban J connectivity index is 0.00000220. The highest BCUT2D eigenvalue weighted by atomic mass is 35.5. The number of benzene rings is 1. The molecule has 4 heteroatoms. The number of aryl methyl sites for hydroxylation is 1. The van der Waals surface area contributed by atoms with Gasteiger partial charge in [-0.2, -0.15) is 0 Å². The standard InChI is InChI=1S/C17H26N2O.ClH/c1-13(2)15-8-5-14(6-9-15)7-10-17(20)19-11-3-4-16(19)12-18;/h5-6,8-9,13,16H,3-4,7,10-12,18H2,1-2H3;1H. The highest BCUT2D eigenvalue weighted by Crippen LogP contribution is 2.19. The van der Waals surface area contributed by atoms with Gasteiger partial charge in [-0.3, -0.25) is 4.79 Å². The van der Waals surface area contributed by atoms with Crippen molar-refractivity contribution in [3.8, 4) is 0 Å². The Morgan fingerprint density at radius 1 is 1.33 bits per heavy atom. The van der Waals surface area contributed by atoms with Crippen molar-refractivity contribution >= 4 is 18.3 Å². The lowest BCUT2D eigenvalue weighted by molar-refractivity contribution is -0.131. The van der Waals surface area contributed by atoms with Crippen molar-refractivity contribution in [2.45, 2.75) is 51.5 Å². The van der Waals surface area contributed by atoms with Gasteiger partial charge in [0, 0.05) is 25.6 Å². The molecule has 1 saturated heterocycles. The van der Waals surface area contributed by atoms with Crippen molar-refractivity contribution in [2.75, 3.05) is 13.1 Å². The Morgan fingerprint density at radius 3 is 2.57 bits per heavy atom. The minimum Gasteiger partial charge on any atom is -0.338 e. The third-order valence-electron chi connectivity index (χ3n) is 4.24. The summed E-state index contributed by atoms with van der Waals surface area (Å²) in [5.74, 6) is 0.812. The molecule has 0 aromatic heterocycles. The third-order valence-corrected chi connectivity index (χ3v) is 4.24. The highest BCUT2D eigenvalue weighted by molar-refractivity contribution is 5.85. The van der Waals surface area contributed by atoms with Gasteiger partial charge in [-0.1, -0.05) is 38.1 Å². The SMILES string of the molecule is CC(C)c1ccc(CCC(=O)N2CCCC2CN)cc1.Cl. The summed E-state index contributed by atoms with van der Waals surface area (Å²) in [6.07, 6.45) is 3.57. The van der Waals surface area contributed by atoms with Gasteiger partial charge < -0.3 is 10.6 Å². The van der Waals surface area contributed by atoms with E-state index in [9.17, 15) is 4.79 Å². The Labute approximate surface area is 134 Å². The van der Waals surface area contributed by atoms with E-state index >= 15 is 0 Å². The lowest BCUT2D eigenvalue weighted by atomic mass is 10.00. The van der Waals surface area contributed by atoms with E-state index < -0.39 is 0 Å². The fraction of sp³-hybridized carbons (Fsp3) is 0.588. The molecule has 1 aliphatic heterocycles. The van der Waals surface area contributed by atoms with Gasteiger partial charge in [0.25, 0.3) is 0 Å². The van der Waals surface area contributed by atoms with Crippen LogP contribution in [0.3, 0.4) is 0 Å². The van der Waals surface area contributed by atoms with Crippen LogP contribution in [0.25, 0.3) is 0 Å². The van der Waals surface area contributed by atoms with Crippen LogP contribution in [0.1, 0.15) is 50.2 Å². The van der Waals surface area contributed by atoms with Crippen LogP contribution in [0, 0.1) is 0 Å². The summed E-state index contributed by atoms with van der Waals surface area (Å²) < 4.78 is 0. The molecule has 2 N–H and O–H groups in total. The summed E-state index contributed by atoms with van der Waals surface area (Å²) >= 11 is 0. The molecule has 2 rings (SSSR count). The summed E-state index contributed by atoms with van der Waals surface area (Å²) in [5, 5.41) is 0. The molecule has 3 nitrogen and oxygen atoms in total. The van der Waals surface area contributed by atoms with Crippen LogP contribution >= 0.6 is 12.4 Å². The summed E-state index contributed by atoms with van der Waals surface area (Å²) in [7, 11) is 0. The van der Waals surface area contributed by atoms with Gasteiger partial charge >= 0.3 is 0 Å². The maximum Gasteiger partial charge on any atom is 0.223 e. The van der Waals surface area contributed by atoms with E-state index in [1.165, 1.54) is 11.1 Å². The molecule has 1 atom stereocenters. The zero-order chi connectivity index (χ0) is 14.5. The van der Waals surface area contributed by atoms with Crippen molar-refractivity contribution in [3.05, 3.63) is 35.4 Å². The molecule has 1 unspecified atom stereocenters. The van der Waals surface area contributed by atoms with Crippen LogP contribution < -0.4 is 5.73 Å². The molecule has 0 radical (unpaired) electrons. The van der Waals surface area contributed by atoms with Gasteiger partial charge in [-0.25, -0.2) is 0 Å². The Hall–Kier alpha value is -1.06. The number of nitrogens with two attached hydrogens (primary N) is 1. The number of hydrogen-bond donors (Lipinski definition) is 1. The van der Waals surface area contributed by atoms with Crippen LogP contribution in [-0.2, 0) is 11.2 Å². The molecule has 1 aromatic rings. The van der Waals surface area contributed by atoms with Crippen LogP contribution in [-0.4, -0.2) is 29.9 Å². The summed E-state index contributed by atoms with van der Waals surface area (Å²) in [5.41, 5.74) is 8.31. The normalized spacial score (nSPS) is 17.9. The minimum atomic E-state index is 0. The minimum absolute atomic E-state index is 0. The number of halogens is 1. The van der Waals surface area contributed by atoms with E-state index in [0.717, 1.165) is 25.8 Å². The Kier molecular flexibility index (Phi) is 7.20. The third kappa shape index (κ3) is 4.72. The topological polar surface area (TPSA) is 46.3 Å². The molecule has 0 aliphatic carbocycles. The number of carbonyl (C=O) groups is 1. The number of carbonyl (C=O) groups excluding carboxylic acids is 1. The Bertz CT molecular complexity index is 445.